The molecule has 0 aromatic heterocycles. The number of rotatable bonds is 15. The molecular formula is C37H35NO6. The molecule has 4 rings (SSSR count). The minimum Gasteiger partial charge on any atom is -0.494 e. The summed E-state index contributed by atoms with van der Waals surface area (Å²) in [7, 11) is 0. The maximum atomic E-state index is 12.7. The van der Waals surface area contributed by atoms with Crippen molar-refractivity contribution in [2.24, 2.45) is 0 Å². The van der Waals surface area contributed by atoms with E-state index < -0.39 is 5.97 Å². The summed E-state index contributed by atoms with van der Waals surface area (Å²) >= 11 is 0. The lowest BCUT2D eigenvalue weighted by atomic mass is 10.1. The first kappa shape index (κ1) is 31.4. The van der Waals surface area contributed by atoms with Gasteiger partial charge in [-0.15, -0.1) is 0 Å². The van der Waals surface area contributed by atoms with E-state index in [9.17, 15) is 9.59 Å². The van der Waals surface area contributed by atoms with Gasteiger partial charge in [-0.05, 0) is 102 Å². The highest BCUT2D eigenvalue weighted by Gasteiger charge is 2.12. The van der Waals surface area contributed by atoms with Gasteiger partial charge in [-0.2, -0.15) is 0 Å². The minimum atomic E-state index is -0.560. The maximum Gasteiger partial charge on any atom is 0.343 e. The summed E-state index contributed by atoms with van der Waals surface area (Å²) in [5.41, 5.74) is 9.00. The number of hydrogen-bond donors (Lipinski definition) is 1. The monoisotopic (exact) mass is 589 g/mol. The number of nitrogen functional groups attached to an aromatic ring is 1. The molecule has 4 aromatic carbocycles. The Hall–Kier alpha value is -5.56. The third-order valence-electron chi connectivity index (χ3n) is 6.63. The first-order chi connectivity index (χ1) is 21.2. The Morgan fingerprint density at radius 1 is 0.795 bits per heavy atom. The number of aldehydes is 1. The fourth-order valence-electron chi connectivity index (χ4n) is 4.13. The van der Waals surface area contributed by atoms with E-state index >= 15 is 0 Å². The van der Waals surface area contributed by atoms with Crippen LogP contribution in [0, 0.1) is 0 Å². The van der Waals surface area contributed by atoms with Crippen molar-refractivity contribution >= 4 is 40.6 Å². The number of unbranched alkanes of at least 4 members (excludes halogenated alkanes) is 1. The average molecular weight is 590 g/mol. The van der Waals surface area contributed by atoms with E-state index in [1.54, 1.807) is 48.5 Å². The minimum absolute atomic E-state index is 0.230. The Labute approximate surface area is 257 Å². The van der Waals surface area contributed by atoms with E-state index in [2.05, 4.69) is 19.7 Å². The van der Waals surface area contributed by atoms with E-state index in [0.717, 1.165) is 46.1 Å². The average Bonchev–Trinajstić information content (AvgIpc) is 3.02. The molecule has 0 fully saturated rings. The molecule has 0 aliphatic rings. The number of carbonyl (C=O) groups is 2. The van der Waals surface area contributed by atoms with Crippen LogP contribution in [-0.2, 0) is 9.53 Å². The van der Waals surface area contributed by atoms with Crippen molar-refractivity contribution in [3.05, 3.63) is 133 Å². The molecule has 4 aromatic rings. The van der Waals surface area contributed by atoms with Crippen LogP contribution in [0.1, 0.15) is 41.3 Å². The zero-order valence-corrected chi connectivity index (χ0v) is 24.7. The Kier molecular flexibility index (Phi) is 10.7. The third-order valence-corrected chi connectivity index (χ3v) is 6.63. The molecule has 0 aliphatic heterocycles. The van der Waals surface area contributed by atoms with Gasteiger partial charge in [0.15, 0.2) is 5.75 Å². The molecule has 0 unspecified atom stereocenters. The number of anilines is 1. The second-order valence-electron chi connectivity index (χ2n) is 10.1. The number of carbonyl (C=O) groups excluding carboxylic acids is 2. The molecule has 0 bridgehead atoms. The van der Waals surface area contributed by atoms with Crippen molar-refractivity contribution in [1.29, 1.82) is 0 Å². The Balaban J connectivity index is 1.29. The second-order valence-corrected chi connectivity index (χ2v) is 10.1. The number of benzene rings is 4. The number of esters is 1. The van der Waals surface area contributed by atoms with Crippen molar-refractivity contribution in [2.45, 2.75) is 19.8 Å². The van der Waals surface area contributed by atoms with E-state index in [-0.39, 0.29) is 11.4 Å². The second kappa shape index (κ2) is 15.1. The molecular weight excluding hydrogens is 554 g/mol. The Bertz CT molecular complexity index is 1720. The molecule has 0 spiro atoms. The SMILES string of the molecule is C=C(C)C(=C)OCCCCOc1ccc2cc(C(=C)Oc3ccc(C(=O)Oc4ccc(/C=C/C=O)cc4N)cc3)ccc2c1. The summed E-state index contributed by atoms with van der Waals surface area (Å²) in [6.45, 7) is 14.8. The molecule has 7 nitrogen and oxygen atoms in total. The molecule has 44 heavy (non-hydrogen) atoms. The largest absolute Gasteiger partial charge is 0.494 e. The predicted molar refractivity (Wildman–Crippen MR) is 176 cm³/mol. The lowest BCUT2D eigenvalue weighted by Crippen LogP contribution is -2.09. The topological polar surface area (TPSA) is 97.1 Å². The quantitative estimate of drug-likeness (QED) is 0.0218. The fourth-order valence-corrected chi connectivity index (χ4v) is 4.13. The smallest absolute Gasteiger partial charge is 0.343 e. The van der Waals surface area contributed by atoms with Crippen LogP contribution in [0.25, 0.3) is 22.6 Å². The van der Waals surface area contributed by atoms with Crippen LogP contribution < -0.4 is 19.9 Å². The number of allylic oxidation sites excluding steroid dienone is 2. The highest BCUT2D eigenvalue weighted by Crippen LogP contribution is 2.28. The first-order valence-electron chi connectivity index (χ1n) is 14.1. The summed E-state index contributed by atoms with van der Waals surface area (Å²) in [4.78, 5) is 23.2. The molecule has 0 atom stereocenters. The van der Waals surface area contributed by atoms with Gasteiger partial charge in [0.05, 0.1) is 24.5 Å². The van der Waals surface area contributed by atoms with Crippen molar-refractivity contribution in [2.75, 3.05) is 18.9 Å². The molecule has 224 valence electrons. The molecule has 2 N–H and O–H groups in total. The van der Waals surface area contributed by atoms with E-state index in [0.29, 0.717) is 42.3 Å². The van der Waals surface area contributed by atoms with Gasteiger partial charge in [-0.25, -0.2) is 4.79 Å². The Morgan fingerprint density at radius 2 is 1.48 bits per heavy atom. The van der Waals surface area contributed by atoms with Gasteiger partial charge in [0.1, 0.15) is 29.3 Å². The number of ether oxygens (including phenoxy) is 4. The van der Waals surface area contributed by atoms with Gasteiger partial charge in [-0.1, -0.05) is 50.1 Å². The number of hydrogen-bond acceptors (Lipinski definition) is 7. The van der Waals surface area contributed by atoms with Crippen LogP contribution >= 0.6 is 0 Å². The van der Waals surface area contributed by atoms with Gasteiger partial charge in [-0.3, -0.25) is 4.79 Å². The van der Waals surface area contributed by atoms with Crippen LogP contribution in [-0.4, -0.2) is 25.5 Å². The van der Waals surface area contributed by atoms with Crippen LogP contribution in [0.5, 0.6) is 17.2 Å². The van der Waals surface area contributed by atoms with Crippen LogP contribution in [0.3, 0.4) is 0 Å². The Morgan fingerprint density at radius 3 is 2.20 bits per heavy atom. The summed E-state index contributed by atoms with van der Waals surface area (Å²) < 4.78 is 22.9. The van der Waals surface area contributed by atoms with Crippen LogP contribution in [0.15, 0.2) is 116 Å². The summed E-state index contributed by atoms with van der Waals surface area (Å²) in [6.07, 6.45) is 5.37. The van der Waals surface area contributed by atoms with Crippen molar-refractivity contribution in [3.8, 4) is 17.2 Å². The molecule has 0 aliphatic carbocycles. The summed E-state index contributed by atoms with van der Waals surface area (Å²) in [5.74, 6) is 2.09. The molecule has 0 saturated heterocycles. The third kappa shape index (κ3) is 8.72. The maximum absolute atomic E-state index is 12.7. The first-order valence-corrected chi connectivity index (χ1v) is 14.1. The van der Waals surface area contributed by atoms with E-state index in [4.69, 9.17) is 24.7 Å². The number of fused-ring (bicyclic) bond motifs is 1. The van der Waals surface area contributed by atoms with Gasteiger partial charge < -0.3 is 24.7 Å². The van der Waals surface area contributed by atoms with Crippen molar-refractivity contribution < 1.29 is 28.5 Å². The van der Waals surface area contributed by atoms with Gasteiger partial charge in [0, 0.05) is 5.56 Å². The molecule has 0 heterocycles. The van der Waals surface area contributed by atoms with Crippen molar-refractivity contribution in [1.82, 2.24) is 0 Å². The van der Waals surface area contributed by atoms with E-state index in [1.165, 1.54) is 6.08 Å². The predicted octanol–water partition coefficient (Wildman–Crippen LogP) is 8.17. The normalized spacial score (nSPS) is 10.8. The zero-order chi connectivity index (χ0) is 31.5. The fraction of sp³-hybridized carbons (Fsp3) is 0.135. The highest BCUT2D eigenvalue weighted by molar-refractivity contribution is 5.92. The van der Waals surface area contributed by atoms with Gasteiger partial charge >= 0.3 is 5.97 Å². The van der Waals surface area contributed by atoms with Crippen LogP contribution in [0.4, 0.5) is 5.69 Å². The van der Waals surface area contributed by atoms with Gasteiger partial charge in [0.25, 0.3) is 0 Å². The van der Waals surface area contributed by atoms with Crippen LogP contribution in [0.2, 0.25) is 0 Å². The molecule has 7 heteroatoms. The lowest BCUT2D eigenvalue weighted by Gasteiger charge is -2.12. The summed E-state index contributed by atoms with van der Waals surface area (Å²) in [5, 5.41) is 2.06. The molecule has 0 saturated carbocycles. The zero-order valence-electron chi connectivity index (χ0n) is 24.7. The summed E-state index contributed by atoms with van der Waals surface area (Å²) in [6, 6.07) is 23.4. The number of nitrogens with two attached hydrogens (primary N) is 1. The molecule has 0 radical (unpaired) electrons. The molecule has 0 amide bonds. The van der Waals surface area contributed by atoms with Gasteiger partial charge in [0.2, 0.25) is 0 Å². The van der Waals surface area contributed by atoms with E-state index in [1.807, 2.05) is 43.3 Å². The van der Waals surface area contributed by atoms with Crippen molar-refractivity contribution in [3.63, 3.8) is 0 Å². The highest BCUT2D eigenvalue weighted by atomic mass is 16.5. The lowest BCUT2D eigenvalue weighted by molar-refractivity contribution is -0.104. The standard InChI is InChI=1S/C37H35NO6/c1-25(2)26(3)41-20-5-6-21-42-34-17-14-31-23-30(10-11-32(31)24-34)27(4)43-33-15-12-29(13-16-33)37(40)44-36-18-9-28(8-7-19-39)22-35(36)38/h7-19,22-24H,1,3-6,20-21,38H2,2H3/b8-7+.